The van der Waals surface area contributed by atoms with E-state index in [-0.39, 0.29) is 12.0 Å². The Hall–Kier alpha value is -3.01. The fourth-order valence-corrected chi connectivity index (χ4v) is 6.68. The van der Waals surface area contributed by atoms with Crippen LogP contribution in [0.5, 0.6) is 0 Å². The number of piperazine rings is 1. The lowest BCUT2D eigenvalue weighted by Gasteiger charge is -2.38. The summed E-state index contributed by atoms with van der Waals surface area (Å²) in [5.41, 5.74) is 5.28. The third-order valence-corrected chi connectivity index (χ3v) is 9.59. The molecule has 3 unspecified atom stereocenters. The van der Waals surface area contributed by atoms with Crippen molar-refractivity contribution in [1.29, 1.82) is 0 Å². The summed E-state index contributed by atoms with van der Waals surface area (Å²) in [5, 5.41) is 3.75. The van der Waals surface area contributed by atoms with Gasteiger partial charge in [0, 0.05) is 102 Å². The minimum absolute atomic E-state index is 0.0746. The van der Waals surface area contributed by atoms with Crippen molar-refractivity contribution in [2.45, 2.75) is 66.8 Å². The summed E-state index contributed by atoms with van der Waals surface area (Å²) >= 11 is 0. The Morgan fingerprint density at radius 3 is 2.72 bits per heavy atom. The van der Waals surface area contributed by atoms with Crippen molar-refractivity contribution >= 4 is 17.4 Å². The van der Waals surface area contributed by atoms with Crippen molar-refractivity contribution in [3.05, 3.63) is 60.1 Å². The maximum Gasteiger partial charge on any atom is 0.108 e. The molecular formula is C37H60N8O. The molecule has 0 spiro atoms. The Balaban J connectivity index is 1.33. The number of aliphatic imine (C=N–C) groups is 2. The number of pyridine rings is 1. The molecule has 3 aliphatic heterocycles. The summed E-state index contributed by atoms with van der Waals surface area (Å²) in [6.45, 7) is 28.6. The summed E-state index contributed by atoms with van der Waals surface area (Å²) in [6, 6.07) is 0.0746. The number of ether oxygens (including phenoxy) is 1. The fourth-order valence-electron chi connectivity index (χ4n) is 6.68. The highest BCUT2D eigenvalue weighted by atomic mass is 16.5. The summed E-state index contributed by atoms with van der Waals surface area (Å²) in [5.74, 6) is 2.75. The highest BCUT2D eigenvalue weighted by molar-refractivity contribution is 5.85. The van der Waals surface area contributed by atoms with E-state index in [9.17, 15) is 0 Å². The van der Waals surface area contributed by atoms with Gasteiger partial charge in [0.1, 0.15) is 5.84 Å². The summed E-state index contributed by atoms with van der Waals surface area (Å²) in [6.07, 6.45) is 15.9. The first-order valence-corrected chi connectivity index (χ1v) is 17.6. The van der Waals surface area contributed by atoms with Crippen LogP contribution in [0.3, 0.4) is 0 Å². The van der Waals surface area contributed by atoms with Crippen molar-refractivity contribution < 1.29 is 4.74 Å². The molecule has 9 heteroatoms. The van der Waals surface area contributed by atoms with Crippen molar-refractivity contribution in [2.75, 3.05) is 83.7 Å². The second-order valence-corrected chi connectivity index (χ2v) is 13.1. The van der Waals surface area contributed by atoms with E-state index in [1.54, 1.807) is 0 Å². The number of nitrogens with zero attached hydrogens (tertiary/aromatic N) is 7. The van der Waals surface area contributed by atoms with Gasteiger partial charge in [-0.2, -0.15) is 0 Å². The van der Waals surface area contributed by atoms with E-state index in [1.807, 2.05) is 18.5 Å². The van der Waals surface area contributed by atoms with Crippen LogP contribution in [0.15, 0.2) is 59.0 Å². The zero-order chi connectivity index (χ0) is 32.9. The van der Waals surface area contributed by atoms with Crippen LogP contribution in [-0.2, 0) is 11.2 Å². The molecule has 254 valence electrons. The van der Waals surface area contributed by atoms with Crippen LogP contribution < -0.4 is 10.2 Å². The zero-order valence-electron chi connectivity index (χ0n) is 29.5. The fraction of sp³-hybridized carbons (Fsp3) is 0.649. The molecule has 2 fully saturated rings. The van der Waals surface area contributed by atoms with Gasteiger partial charge in [-0.1, -0.05) is 38.2 Å². The number of rotatable bonds is 12. The Kier molecular flexibility index (Phi) is 14.3. The number of anilines is 1. The number of aromatic nitrogens is 1. The molecule has 1 aromatic heterocycles. The van der Waals surface area contributed by atoms with Gasteiger partial charge in [0.05, 0.1) is 25.2 Å². The number of hydrogen-bond donors (Lipinski definition) is 1. The number of aryl methyl sites for hydroxylation is 2. The Morgan fingerprint density at radius 1 is 1.15 bits per heavy atom. The quantitative estimate of drug-likeness (QED) is 0.148. The number of hydrogen-bond acceptors (Lipinski definition) is 7. The smallest absolute Gasteiger partial charge is 0.108 e. The molecule has 1 N–H and O–H groups in total. The normalized spacial score (nSPS) is 23.4. The Morgan fingerprint density at radius 2 is 1.96 bits per heavy atom. The predicted molar refractivity (Wildman–Crippen MR) is 194 cm³/mol. The summed E-state index contributed by atoms with van der Waals surface area (Å²) < 4.78 is 5.63. The van der Waals surface area contributed by atoms with Crippen LogP contribution in [0.25, 0.3) is 0 Å². The minimum atomic E-state index is 0.0746. The van der Waals surface area contributed by atoms with Gasteiger partial charge in [-0.05, 0) is 57.6 Å². The van der Waals surface area contributed by atoms with E-state index >= 15 is 0 Å². The summed E-state index contributed by atoms with van der Waals surface area (Å²) in [7, 11) is 0. The second-order valence-electron chi connectivity index (χ2n) is 13.1. The molecule has 0 amide bonds. The molecule has 4 heterocycles. The van der Waals surface area contributed by atoms with Gasteiger partial charge in [0.15, 0.2) is 0 Å². The molecule has 1 aromatic rings. The van der Waals surface area contributed by atoms with Gasteiger partial charge >= 0.3 is 0 Å². The van der Waals surface area contributed by atoms with Crippen molar-refractivity contribution in [3.63, 3.8) is 0 Å². The molecule has 0 saturated carbocycles. The molecule has 4 rings (SSSR count). The van der Waals surface area contributed by atoms with Gasteiger partial charge < -0.3 is 19.4 Å². The topological polar surface area (TPSA) is 71.8 Å². The largest absolute Gasteiger partial charge is 0.380 e. The molecule has 0 aliphatic carbocycles. The lowest BCUT2D eigenvalue weighted by atomic mass is 10.0. The van der Waals surface area contributed by atoms with E-state index in [4.69, 9.17) is 14.7 Å². The zero-order valence-corrected chi connectivity index (χ0v) is 29.5. The van der Waals surface area contributed by atoms with Crippen LogP contribution in [0.2, 0.25) is 0 Å². The first-order valence-electron chi connectivity index (χ1n) is 17.6. The summed E-state index contributed by atoms with van der Waals surface area (Å²) in [4.78, 5) is 24.6. The van der Waals surface area contributed by atoms with Gasteiger partial charge in [-0.25, -0.2) is 0 Å². The van der Waals surface area contributed by atoms with E-state index in [2.05, 4.69) is 96.2 Å². The molecule has 46 heavy (non-hydrogen) atoms. The second kappa shape index (κ2) is 18.4. The molecule has 3 aliphatic rings. The number of amidine groups is 2. The Bertz CT molecular complexity index is 1220. The highest BCUT2D eigenvalue weighted by Crippen LogP contribution is 2.26. The van der Waals surface area contributed by atoms with Gasteiger partial charge in [0.25, 0.3) is 0 Å². The SMILES string of the molecule is C=CC(CN=C(C)N1CCCOCC1)C(C)N=C1C/C=C\C(C)C=C(C)N1CNCCN1CCN(c2c(C)cncc2CC)CC1. The third-order valence-electron chi connectivity index (χ3n) is 9.59. The molecule has 0 bridgehead atoms. The molecule has 3 atom stereocenters. The van der Waals surface area contributed by atoms with Gasteiger partial charge in [0.2, 0.25) is 0 Å². The number of allylic oxidation sites excluding steroid dienone is 3. The van der Waals surface area contributed by atoms with Crippen LogP contribution in [-0.4, -0.2) is 116 Å². The first kappa shape index (κ1) is 35.8. The molecule has 0 radical (unpaired) electrons. The first-order chi connectivity index (χ1) is 22.3. The monoisotopic (exact) mass is 632 g/mol. The molecule has 2 saturated heterocycles. The van der Waals surface area contributed by atoms with E-state index in [0.29, 0.717) is 12.5 Å². The highest BCUT2D eigenvalue weighted by Gasteiger charge is 2.22. The minimum Gasteiger partial charge on any atom is -0.380 e. The maximum atomic E-state index is 5.63. The van der Waals surface area contributed by atoms with Crippen molar-refractivity contribution in [3.8, 4) is 0 Å². The van der Waals surface area contributed by atoms with Crippen LogP contribution in [0.1, 0.15) is 58.6 Å². The molecular weight excluding hydrogens is 572 g/mol. The maximum absolute atomic E-state index is 5.63. The Labute approximate surface area is 279 Å². The lowest BCUT2D eigenvalue weighted by Crippen LogP contribution is -2.49. The van der Waals surface area contributed by atoms with E-state index < -0.39 is 0 Å². The van der Waals surface area contributed by atoms with Crippen LogP contribution >= 0.6 is 0 Å². The predicted octanol–water partition coefficient (Wildman–Crippen LogP) is 5.15. The lowest BCUT2D eigenvalue weighted by molar-refractivity contribution is 0.147. The van der Waals surface area contributed by atoms with Gasteiger partial charge in [-0.15, -0.1) is 6.58 Å². The van der Waals surface area contributed by atoms with Crippen LogP contribution in [0.4, 0.5) is 5.69 Å². The third kappa shape index (κ3) is 10.2. The molecule has 9 nitrogen and oxygen atoms in total. The van der Waals surface area contributed by atoms with Crippen molar-refractivity contribution in [2.24, 2.45) is 21.8 Å². The van der Waals surface area contributed by atoms with Crippen molar-refractivity contribution in [1.82, 2.24) is 25.0 Å². The number of nitrogens with one attached hydrogen (secondary N) is 1. The van der Waals surface area contributed by atoms with Crippen LogP contribution in [0, 0.1) is 18.8 Å². The van der Waals surface area contributed by atoms with Gasteiger partial charge in [-0.3, -0.25) is 25.2 Å². The van der Waals surface area contributed by atoms with E-state index in [0.717, 1.165) is 103 Å². The van der Waals surface area contributed by atoms with E-state index in [1.165, 1.54) is 22.5 Å². The average Bonchev–Trinajstić information content (AvgIpc) is 3.34. The standard InChI is InChI=1S/C37H60N8O/c1-8-34(27-40-33(7)43-15-11-22-46-23-21-43)32(6)41-36-13-10-12-29(3)24-31(5)45(36)28-38-14-16-42-17-19-44(20-18-42)37-30(4)25-39-26-35(37)9-2/h8,10,12,24-26,29,32,34,38H,1,9,11,13-23,27-28H2,2-7H3/b12-10-,31-24?,40-33?,41-36?. The molecule has 0 aromatic carbocycles. The average molecular weight is 633 g/mol.